The van der Waals surface area contributed by atoms with Gasteiger partial charge in [0, 0.05) is 24.2 Å². The fraction of sp³-hybridized carbons (Fsp3) is 0.600. The van der Waals surface area contributed by atoms with E-state index in [9.17, 15) is 18.5 Å². The minimum absolute atomic E-state index is 0.0581. The molecule has 0 heterocycles. The van der Waals surface area contributed by atoms with E-state index in [0.29, 0.717) is 12.0 Å². The highest BCUT2D eigenvalue weighted by Crippen LogP contribution is 2.34. The summed E-state index contributed by atoms with van der Waals surface area (Å²) in [6.07, 6.45) is 3.56. The van der Waals surface area contributed by atoms with Gasteiger partial charge in [-0.15, -0.1) is 0 Å². The monoisotopic (exact) mass is 341 g/mol. The van der Waals surface area contributed by atoms with Gasteiger partial charge in [0.2, 0.25) is 10.0 Å². The highest BCUT2D eigenvalue weighted by molar-refractivity contribution is 7.89. The van der Waals surface area contributed by atoms with E-state index in [1.165, 1.54) is 12.1 Å². The van der Waals surface area contributed by atoms with Gasteiger partial charge in [0.05, 0.1) is 9.82 Å². The Morgan fingerprint density at radius 2 is 2.13 bits per heavy atom. The summed E-state index contributed by atoms with van der Waals surface area (Å²) in [6.45, 7) is 3.83. The second kappa shape index (κ2) is 6.54. The number of hydrogen-bond donors (Lipinski definition) is 2. The predicted octanol–water partition coefficient (Wildman–Crippen LogP) is 2.09. The molecule has 0 aromatic heterocycles. The molecule has 1 aromatic rings. The van der Waals surface area contributed by atoms with Crippen LogP contribution in [-0.4, -0.2) is 25.4 Å². The maximum absolute atomic E-state index is 12.8. The highest BCUT2D eigenvalue weighted by Gasteiger charge is 2.41. The lowest BCUT2D eigenvalue weighted by atomic mass is 9.74. The Bertz CT molecular complexity index is 705. The summed E-state index contributed by atoms with van der Waals surface area (Å²) < 4.78 is 28.4. The summed E-state index contributed by atoms with van der Waals surface area (Å²) in [6, 6.07) is 3.86. The van der Waals surface area contributed by atoms with Crippen molar-refractivity contribution >= 4 is 15.7 Å². The highest BCUT2D eigenvalue weighted by atomic mass is 32.2. The Balaban J connectivity index is 2.42. The Labute approximate surface area is 136 Å². The van der Waals surface area contributed by atoms with Crippen molar-refractivity contribution < 1.29 is 13.3 Å². The number of rotatable bonds is 5. The normalized spacial score (nSPS) is 25.3. The van der Waals surface area contributed by atoms with Crippen LogP contribution in [0.25, 0.3) is 0 Å². The second-order valence-corrected chi connectivity index (χ2v) is 7.97. The first-order chi connectivity index (χ1) is 10.7. The molecular weight excluding hydrogens is 318 g/mol. The molecule has 0 saturated heterocycles. The average molecular weight is 341 g/mol. The minimum atomic E-state index is -3.88. The van der Waals surface area contributed by atoms with Crippen LogP contribution < -0.4 is 10.5 Å². The van der Waals surface area contributed by atoms with Crippen molar-refractivity contribution in [2.75, 3.05) is 6.54 Å². The molecule has 1 aliphatic carbocycles. The molecule has 2 atom stereocenters. The number of non-ortho nitro benzene ring substituents is 1. The van der Waals surface area contributed by atoms with Crippen molar-refractivity contribution in [2.45, 2.75) is 50.0 Å². The van der Waals surface area contributed by atoms with Gasteiger partial charge >= 0.3 is 0 Å². The molecule has 3 N–H and O–H groups in total. The summed E-state index contributed by atoms with van der Waals surface area (Å²) >= 11 is 0. The van der Waals surface area contributed by atoms with Gasteiger partial charge in [-0.2, -0.15) is 0 Å². The summed E-state index contributed by atoms with van der Waals surface area (Å²) in [5, 5.41) is 10.9. The molecule has 0 aliphatic heterocycles. The number of nitro benzene ring substituents is 1. The van der Waals surface area contributed by atoms with Crippen molar-refractivity contribution in [1.29, 1.82) is 0 Å². The SMILES string of the molecule is Cc1ccc([N+](=O)[O-])cc1S(=O)(=O)NC1(CN)CCCCC1C. The number of nitrogens with zero attached hydrogens (tertiary/aromatic N) is 1. The topological polar surface area (TPSA) is 115 Å². The van der Waals surface area contributed by atoms with Gasteiger partial charge in [-0.1, -0.05) is 25.8 Å². The molecule has 2 unspecified atom stereocenters. The van der Waals surface area contributed by atoms with Crippen LogP contribution in [0, 0.1) is 23.0 Å². The van der Waals surface area contributed by atoms with Gasteiger partial charge < -0.3 is 5.73 Å². The molecule has 0 radical (unpaired) electrons. The van der Waals surface area contributed by atoms with Crippen LogP contribution >= 0.6 is 0 Å². The van der Waals surface area contributed by atoms with Gasteiger partial charge in [-0.05, 0) is 31.2 Å². The summed E-state index contributed by atoms with van der Waals surface area (Å²) in [7, 11) is -3.88. The molecule has 1 aromatic carbocycles. The molecule has 2 rings (SSSR count). The molecular formula is C15H23N3O4S. The second-order valence-electron chi connectivity index (χ2n) is 6.32. The van der Waals surface area contributed by atoms with E-state index < -0.39 is 20.5 Å². The smallest absolute Gasteiger partial charge is 0.270 e. The van der Waals surface area contributed by atoms with E-state index >= 15 is 0 Å². The zero-order chi connectivity index (χ0) is 17.3. The van der Waals surface area contributed by atoms with E-state index in [0.717, 1.165) is 25.3 Å². The summed E-state index contributed by atoms with van der Waals surface area (Å²) in [5.74, 6) is 0.120. The fourth-order valence-electron chi connectivity index (χ4n) is 3.22. The van der Waals surface area contributed by atoms with Gasteiger partial charge in [0.15, 0.2) is 0 Å². The number of nitrogens with one attached hydrogen (secondary N) is 1. The molecule has 1 saturated carbocycles. The maximum atomic E-state index is 12.8. The Hall–Kier alpha value is -1.51. The van der Waals surface area contributed by atoms with Crippen molar-refractivity contribution in [3.63, 3.8) is 0 Å². The number of nitro groups is 1. The van der Waals surface area contributed by atoms with Crippen molar-refractivity contribution in [3.05, 3.63) is 33.9 Å². The molecule has 0 amide bonds. The molecule has 0 bridgehead atoms. The van der Waals surface area contributed by atoms with E-state index in [1.807, 2.05) is 6.92 Å². The summed E-state index contributed by atoms with van der Waals surface area (Å²) in [5.41, 5.74) is 5.44. The van der Waals surface area contributed by atoms with E-state index in [1.54, 1.807) is 6.92 Å². The zero-order valence-corrected chi connectivity index (χ0v) is 14.2. The number of hydrogen-bond acceptors (Lipinski definition) is 5. The number of aryl methyl sites for hydroxylation is 1. The average Bonchev–Trinajstić information content (AvgIpc) is 2.49. The molecule has 7 nitrogen and oxygen atoms in total. The van der Waals surface area contributed by atoms with Crippen molar-refractivity contribution in [3.8, 4) is 0 Å². The lowest BCUT2D eigenvalue weighted by Gasteiger charge is -2.42. The number of benzene rings is 1. The molecule has 128 valence electrons. The van der Waals surface area contributed by atoms with Crippen LogP contribution in [0.5, 0.6) is 0 Å². The Morgan fingerprint density at radius 3 is 2.70 bits per heavy atom. The first-order valence-corrected chi connectivity index (χ1v) is 9.19. The van der Waals surface area contributed by atoms with E-state index in [-0.39, 0.29) is 23.0 Å². The predicted molar refractivity (Wildman–Crippen MR) is 87.6 cm³/mol. The first-order valence-electron chi connectivity index (χ1n) is 7.71. The number of sulfonamides is 1. The first kappa shape index (κ1) is 17.8. The lowest BCUT2D eigenvalue weighted by molar-refractivity contribution is -0.385. The van der Waals surface area contributed by atoms with E-state index in [4.69, 9.17) is 5.73 Å². The number of nitrogens with two attached hydrogens (primary N) is 1. The zero-order valence-electron chi connectivity index (χ0n) is 13.4. The van der Waals surface area contributed by atoms with E-state index in [2.05, 4.69) is 4.72 Å². The van der Waals surface area contributed by atoms with Crippen LogP contribution in [0.15, 0.2) is 23.1 Å². The van der Waals surface area contributed by atoms with Gasteiger partial charge in [-0.25, -0.2) is 13.1 Å². The van der Waals surface area contributed by atoms with Crippen molar-refractivity contribution in [1.82, 2.24) is 4.72 Å². The quantitative estimate of drug-likeness (QED) is 0.628. The van der Waals surface area contributed by atoms with Crippen LogP contribution in [0.3, 0.4) is 0 Å². The Kier molecular flexibility index (Phi) is 5.07. The van der Waals surface area contributed by atoms with Gasteiger partial charge in [0.1, 0.15) is 0 Å². The van der Waals surface area contributed by atoms with Crippen LogP contribution in [0.2, 0.25) is 0 Å². The van der Waals surface area contributed by atoms with Gasteiger partial charge in [0.25, 0.3) is 5.69 Å². The molecule has 8 heteroatoms. The largest absolute Gasteiger partial charge is 0.329 e. The molecule has 1 aliphatic rings. The fourth-order valence-corrected chi connectivity index (χ4v) is 5.02. The molecule has 0 spiro atoms. The maximum Gasteiger partial charge on any atom is 0.270 e. The third-order valence-corrected chi connectivity index (χ3v) is 6.52. The Morgan fingerprint density at radius 1 is 1.43 bits per heavy atom. The summed E-state index contributed by atoms with van der Waals surface area (Å²) in [4.78, 5) is 10.3. The third-order valence-electron chi connectivity index (χ3n) is 4.83. The molecule has 1 fully saturated rings. The standard InChI is InChI=1S/C15H23N3O4S/c1-11-6-7-13(18(19)20)9-14(11)23(21,22)17-15(10-16)8-4-3-5-12(15)2/h6-7,9,12,17H,3-5,8,10,16H2,1-2H3. The molecule has 23 heavy (non-hydrogen) atoms. The minimum Gasteiger partial charge on any atom is -0.329 e. The van der Waals surface area contributed by atoms with Crippen molar-refractivity contribution in [2.24, 2.45) is 11.7 Å². The van der Waals surface area contributed by atoms with Crippen LogP contribution in [0.1, 0.15) is 38.2 Å². The van der Waals surface area contributed by atoms with Gasteiger partial charge in [-0.3, -0.25) is 10.1 Å². The lowest BCUT2D eigenvalue weighted by Crippen LogP contribution is -2.59. The van der Waals surface area contributed by atoms with Crippen LogP contribution in [-0.2, 0) is 10.0 Å². The van der Waals surface area contributed by atoms with Crippen LogP contribution in [0.4, 0.5) is 5.69 Å². The third kappa shape index (κ3) is 3.54.